The van der Waals surface area contributed by atoms with Gasteiger partial charge in [0.25, 0.3) is 5.60 Å². The lowest BCUT2D eigenvalue weighted by Crippen LogP contribution is -2.54. The highest BCUT2D eigenvalue weighted by molar-refractivity contribution is 6.28. The highest BCUT2D eigenvalue weighted by Crippen LogP contribution is 2.35. The summed E-state index contributed by atoms with van der Waals surface area (Å²) in [6.07, 6.45) is -2.67. The van der Waals surface area contributed by atoms with Crippen molar-refractivity contribution in [2.45, 2.75) is 77.2 Å². The molecular formula is C28H37ClFN5O7. The van der Waals surface area contributed by atoms with Gasteiger partial charge in [-0.1, -0.05) is 57.0 Å². The molecule has 12 nitrogen and oxygen atoms in total. The molecule has 230 valence electrons. The Morgan fingerprint density at radius 2 is 1.71 bits per heavy atom. The van der Waals surface area contributed by atoms with Crippen molar-refractivity contribution in [1.82, 2.24) is 19.5 Å². The zero-order valence-electron chi connectivity index (χ0n) is 24.0. The maximum Gasteiger partial charge on any atom is 0.350 e. The standard InChI is InChI=1S/C24H27ClFN5O7.C4H10/c1-3-35-21(33)24(22(34)36-4-2,10-13-8-6-5-7-9-13)37-11-14-17(32)15(26)20(38-14)31-12-28-16-18(27)29-23(25)30-19(16)31;1-3-4-2/h5-9,12,14-15,17,20,32H,3-4,10-11H2,1-2H3,(H2,27,29,30);3-4H2,1-2H3/t14-,15+,17-,20-;/m1./s1. The molecule has 2 aromatic heterocycles. The molecule has 1 aliphatic heterocycles. The van der Waals surface area contributed by atoms with Crippen molar-refractivity contribution in [1.29, 1.82) is 0 Å². The van der Waals surface area contributed by atoms with Crippen LogP contribution < -0.4 is 5.73 Å². The summed E-state index contributed by atoms with van der Waals surface area (Å²) in [6, 6.07) is 8.64. The van der Waals surface area contributed by atoms with Gasteiger partial charge in [0.05, 0.1) is 26.1 Å². The van der Waals surface area contributed by atoms with Crippen LogP contribution in [0.15, 0.2) is 36.7 Å². The Morgan fingerprint density at radius 3 is 2.29 bits per heavy atom. The molecule has 0 radical (unpaired) electrons. The third-order valence-corrected chi connectivity index (χ3v) is 6.66. The second-order valence-electron chi connectivity index (χ2n) is 9.44. The minimum absolute atomic E-state index is 0.0119. The van der Waals surface area contributed by atoms with Crippen molar-refractivity contribution in [2.24, 2.45) is 0 Å². The molecule has 4 rings (SSSR count). The van der Waals surface area contributed by atoms with Crippen molar-refractivity contribution < 1.29 is 38.0 Å². The van der Waals surface area contributed by atoms with Crippen molar-refractivity contribution in [3.05, 3.63) is 47.5 Å². The van der Waals surface area contributed by atoms with Crippen LogP contribution in [0.1, 0.15) is 52.3 Å². The summed E-state index contributed by atoms with van der Waals surface area (Å²) >= 11 is 5.90. The van der Waals surface area contributed by atoms with E-state index in [9.17, 15) is 14.7 Å². The Morgan fingerprint density at radius 1 is 1.10 bits per heavy atom. The largest absolute Gasteiger partial charge is 0.463 e. The molecule has 0 spiro atoms. The van der Waals surface area contributed by atoms with Gasteiger partial charge in [0, 0.05) is 6.42 Å². The first-order valence-electron chi connectivity index (χ1n) is 13.8. The molecule has 42 heavy (non-hydrogen) atoms. The fraction of sp³-hybridized carbons (Fsp3) is 0.536. The summed E-state index contributed by atoms with van der Waals surface area (Å²) in [6.45, 7) is 6.91. The van der Waals surface area contributed by atoms with E-state index in [1.165, 1.54) is 23.7 Å². The number of alkyl halides is 1. The lowest BCUT2D eigenvalue weighted by atomic mass is 9.93. The lowest BCUT2D eigenvalue weighted by molar-refractivity contribution is -0.197. The fourth-order valence-corrected chi connectivity index (χ4v) is 4.33. The third-order valence-electron chi connectivity index (χ3n) is 6.49. The van der Waals surface area contributed by atoms with E-state index in [1.807, 2.05) is 0 Å². The maximum absolute atomic E-state index is 15.3. The van der Waals surface area contributed by atoms with Crippen LogP contribution in [0.4, 0.5) is 10.2 Å². The number of imidazole rings is 1. The SMILES string of the molecule is CCCC.CCOC(=O)C(Cc1ccccc1)(OC[C@H]1O[C@@H](n2cnc3c(N)nc(Cl)nc32)[C@@H](F)[C@@H]1O)C(=O)OCC. The molecule has 3 heterocycles. The highest BCUT2D eigenvalue weighted by atomic mass is 35.5. The first-order chi connectivity index (χ1) is 20.1. The van der Waals surface area contributed by atoms with Crippen LogP contribution in [0.2, 0.25) is 5.28 Å². The number of fused-ring (bicyclic) bond motifs is 1. The average molecular weight is 610 g/mol. The van der Waals surface area contributed by atoms with Gasteiger partial charge in [-0.2, -0.15) is 9.97 Å². The number of carbonyl (C=O) groups excluding carboxylic acids is 2. The van der Waals surface area contributed by atoms with E-state index in [0.717, 1.165) is 0 Å². The van der Waals surface area contributed by atoms with Crippen LogP contribution in [0.3, 0.4) is 0 Å². The Kier molecular flexibility index (Phi) is 12.0. The Hall–Kier alpha value is -3.39. The number of hydrogen-bond acceptors (Lipinski definition) is 11. The number of esters is 2. The second-order valence-corrected chi connectivity index (χ2v) is 9.78. The maximum atomic E-state index is 15.3. The van der Waals surface area contributed by atoms with Crippen LogP contribution in [-0.2, 0) is 35.0 Å². The number of nitrogen functional groups attached to an aromatic ring is 1. The monoisotopic (exact) mass is 609 g/mol. The van der Waals surface area contributed by atoms with Gasteiger partial charge in [0.1, 0.15) is 17.7 Å². The van der Waals surface area contributed by atoms with Crippen LogP contribution in [0, 0.1) is 0 Å². The van der Waals surface area contributed by atoms with Crippen molar-refractivity contribution >= 4 is 40.5 Å². The minimum atomic E-state index is -2.22. The summed E-state index contributed by atoms with van der Waals surface area (Å²) in [5.74, 6) is -1.97. The smallest absolute Gasteiger partial charge is 0.350 e. The van der Waals surface area contributed by atoms with E-state index >= 15 is 4.39 Å². The normalized spacial score (nSPS) is 20.2. The molecule has 1 aromatic carbocycles. The van der Waals surface area contributed by atoms with Crippen molar-refractivity contribution in [2.75, 3.05) is 25.6 Å². The number of nitrogens with zero attached hydrogens (tertiary/aromatic N) is 4. The highest BCUT2D eigenvalue weighted by Gasteiger charge is 2.53. The number of aliphatic hydroxyl groups excluding tert-OH is 1. The van der Waals surface area contributed by atoms with Crippen LogP contribution in [-0.4, -0.2) is 80.4 Å². The predicted octanol–water partition coefficient (Wildman–Crippen LogP) is 3.59. The molecule has 1 saturated heterocycles. The molecule has 14 heteroatoms. The molecule has 3 N–H and O–H groups in total. The second kappa shape index (κ2) is 15.2. The van der Waals surface area contributed by atoms with Crippen LogP contribution >= 0.6 is 11.6 Å². The number of aliphatic hydroxyl groups is 1. The topological polar surface area (TPSA) is 161 Å². The van der Waals surface area contributed by atoms with Crippen molar-refractivity contribution in [3.63, 3.8) is 0 Å². The van der Waals surface area contributed by atoms with Gasteiger partial charge < -0.3 is 29.8 Å². The number of ether oxygens (including phenoxy) is 4. The number of nitrogens with two attached hydrogens (primary N) is 1. The summed E-state index contributed by atoms with van der Waals surface area (Å²) < 4.78 is 38.5. The van der Waals surface area contributed by atoms with Crippen LogP contribution in [0.25, 0.3) is 11.2 Å². The summed E-state index contributed by atoms with van der Waals surface area (Å²) in [4.78, 5) is 38.2. The third kappa shape index (κ3) is 7.33. The Bertz CT molecular complexity index is 1310. The van der Waals surface area contributed by atoms with Gasteiger partial charge in [-0.15, -0.1) is 0 Å². The number of halogens is 2. The van der Waals surface area contributed by atoms with Gasteiger partial charge in [0.2, 0.25) is 5.28 Å². The van der Waals surface area contributed by atoms with Crippen LogP contribution in [0.5, 0.6) is 0 Å². The molecule has 0 saturated carbocycles. The van der Waals surface area contributed by atoms with Gasteiger partial charge in [0.15, 0.2) is 23.9 Å². The quantitative estimate of drug-likeness (QED) is 0.186. The number of hydrogen-bond donors (Lipinski definition) is 2. The van der Waals surface area contributed by atoms with E-state index in [-0.39, 0.29) is 41.9 Å². The zero-order valence-corrected chi connectivity index (χ0v) is 24.8. The number of benzene rings is 1. The van der Waals surface area contributed by atoms with Gasteiger partial charge in [-0.05, 0) is 31.0 Å². The molecule has 1 aliphatic rings. The number of aromatic nitrogens is 4. The van der Waals surface area contributed by atoms with Gasteiger partial charge in [-0.3, -0.25) is 4.57 Å². The molecular weight excluding hydrogens is 573 g/mol. The van der Waals surface area contributed by atoms with E-state index in [1.54, 1.807) is 44.2 Å². The summed E-state index contributed by atoms with van der Waals surface area (Å²) in [5.41, 5.74) is 4.45. The number of anilines is 1. The predicted molar refractivity (Wildman–Crippen MR) is 152 cm³/mol. The summed E-state index contributed by atoms with van der Waals surface area (Å²) in [7, 11) is 0. The van der Waals surface area contributed by atoms with E-state index in [0.29, 0.717) is 5.56 Å². The Labute approximate surface area is 248 Å². The van der Waals surface area contributed by atoms with Gasteiger partial charge >= 0.3 is 11.9 Å². The van der Waals surface area contributed by atoms with Gasteiger partial charge in [-0.25, -0.2) is 19.0 Å². The molecule has 3 aromatic rings. The number of rotatable bonds is 11. The number of carbonyl (C=O) groups is 2. The zero-order chi connectivity index (χ0) is 30.9. The fourth-order valence-electron chi connectivity index (χ4n) is 4.16. The molecule has 0 aliphatic carbocycles. The number of unbranched alkanes of at least 4 members (excludes halogenated alkanes) is 1. The van der Waals surface area contributed by atoms with E-state index in [4.69, 9.17) is 36.3 Å². The molecule has 1 fully saturated rings. The first-order valence-corrected chi connectivity index (χ1v) is 14.2. The molecule has 0 amide bonds. The summed E-state index contributed by atoms with van der Waals surface area (Å²) in [5, 5.41) is 10.5. The lowest BCUT2D eigenvalue weighted by Gasteiger charge is -2.30. The average Bonchev–Trinajstić information content (AvgIpc) is 3.52. The minimum Gasteiger partial charge on any atom is -0.463 e. The molecule has 0 unspecified atom stereocenters. The first kappa shape index (κ1) is 33.1. The molecule has 4 atom stereocenters. The van der Waals surface area contributed by atoms with E-state index < -0.39 is 48.8 Å². The Balaban J connectivity index is 0.00000114. The van der Waals surface area contributed by atoms with E-state index in [2.05, 4.69) is 28.8 Å². The van der Waals surface area contributed by atoms with Crippen molar-refractivity contribution in [3.8, 4) is 0 Å². The molecule has 0 bridgehead atoms.